The summed E-state index contributed by atoms with van der Waals surface area (Å²) in [5.74, 6) is 0.00204. The summed E-state index contributed by atoms with van der Waals surface area (Å²) in [6.07, 6.45) is 2.07. The number of aromatic nitrogens is 1. The topological polar surface area (TPSA) is 36.4 Å². The van der Waals surface area contributed by atoms with E-state index in [1.165, 1.54) is 4.90 Å². The van der Waals surface area contributed by atoms with Crippen LogP contribution in [0, 0.1) is 0 Å². The highest BCUT2D eigenvalue weighted by molar-refractivity contribution is 8.00. The minimum atomic E-state index is 0. The second kappa shape index (κ2) is 11.4. The summed E-state index contributed by atoms with van der Waals surface area (Å²) in [7, 11) is 4.04. The number of halogens is 1. The van der Waals surface area contributed by atoms with E-state index in [4.69, 9.17) is 4.98 Å². The van der Waals surface area contributed by atoms with Crippen molar-refractivity contribution in [1.82, 2.24) is 9.88 Å². The molecule has 4 nitrogen and oxygen atoms in total. The first-order chi connectivity index (χ1) is 13.9. The first kappa shape index (κ1) is 25.0. The van der Waals surface area contributed by atoms with Crippen LogP contribution >= 0.6 is 47.3 Å². The van der Waals surface area contributed by atoms with Crippen molar-refractivity contribution in [2.45, 2.75) is 28.9 Å². The van der Waals surface area contributed by atoms with E-state index in [0.717, 1.165) is 26.8 Å². The maximum atomic E-state index is 13.5. The smallest absolute Gasteiger partial charge is 0.260 e. The quantitative estimate of drug-likeness (QED) is 0.360. The van der Waals surface area contributed by atoms with Gasteiger partial charge in [0.2, 0.25) is 0 Å². The predicted octanol–water partition coefficient (Wildman–Crippen LogP) is 6.15. The molecule has 0 aliphatic rings. The monoisotopic (exact) mass is 481 g/mol. The van der Waals surface area contributed by atoms with Gasteiger partial charge in [-0.2, -0.15) is 0 Å². The van der Waals surface area contributed by atoms with E-state index in [1.807, 2.05) is 43.3 Å². The Balaban J connectivity index is 0.00000320. The van der Waals surface area contributed by atoms with Crippen LogP contribution in [0.3, 0.4) is 0 Å². The van der Waals surface area contributed by atoms with Gasteiger partial charge in [-0.1, -0.05) is 31.3 Å². The van der Waals surface area contributed by atoms with Gasteiger partial charge in [0.15, 0.2) is 5.13 Å². The number of anilines is 1. The third-order valence-electron chi connectivity index (χ3n) is 4.28. The van der Waals surface area contributed by atoms with Crippen molar-refractivity contribution < 1.29 is 4.79 Å². The van der Waals surface area contributed by atoms with Gasteiger partial charge in [-0.3, -0.25) is 9.69 Å². The van der Waals surface area contributed by atoms with Crippen molar-refractivity contribution in [3.8, 4) is 0 Å². The maximum absolute atomic E-state index is 13.5. The van der Waals surface area contributed by atoms with Gasteiger partial charge in [-0.15, -0.1) is 35.9 Å². The van der Waals surface area contributed by atoms with Crippen molar-refractivity contribution in [1.29, 1.82) is 0 Å². The summed E-state index contributed by atoms with van der Waals surface area (Å²) in [5, 5.41) is 1.23. The van der Waals surface area contributed by atoms with E-state index in [2.05, 4.69) is 43.2 Å². The average Bonchev–Trinajstić information content (AvgIpc) is 3.10. The van der Waals surface area contributed by atoms with Crippen LogP contribution in [0.4, 0.5) is 5.13 Å². The number of nitrogens with zero attached hydrogens (tertiary/aromatic N) is 3. The van der Waals surface area contributed by atoms with E-state index in [9.17, 15) is 4.79 Å². The number of fused-ring (bicyclic) bond motifs is 1. The van der Waals surface area contributed by atoms with Gasteiger partial charge in [0.1, 0.15) is 0 Å². The summed E-state index contributed by atoms with van der Waals surface area (Å²) in [4.78, 5) is 24.5. The fraction of sp³-hybridized carbons (Fsp3) is 0.364. The molecule has 0 fully saturated rings. The van der Waals surface area contributed by atoms with E-state index in [-0.39, 0.29) is 18.3 Å². The minimum absolute atomic E-state index is 0. The number of carbonyl (C=O) groups is 1. The first-order valence-corrected chi connectivity index (χ1v) is 12.5. The number of benzene rings is 2. The number of hydrogen-bond donors (Lipinski definition) is 0. The summed E-state index contributed by atoms with van der Waals surface area (Å²) in [6, 6.07) is 14.2. The Hall–Kier alpha value is -1.25. The van der Waals surface area contributed by atoms with Gasteiger partial charge < -0.3 is 4.90 Å². The lowest BCUT2D eigenvalue weighted by Gasteiger charge is -2.22. The van der Waals surface area contributed by atoms with E-state index in [0.29, 0.717) is 17.4 Å². The highest BCUT2D eigenvalue weighted by Gasteiger charge is 2.22. The van der Waals surface area contributed by atoms with Gasteiger partial charge in [-0.25, -0.2) is 4.98 Å². The lowest BCUT2D eigenvalue weighted by Crippen LogP contribution is -2.36. The van der Waals surface area contributed by atoms with Gasteiger partial charge in [0.05, 0.1) is 10.2 Å². The second-order valence-corrected chi connectivity index (χ2v) is 10.8. The number of likely N-dealkylation sites (N-methyl/N-ethyl adjacent to an activating group) is 1. The maximum Gasteiger partial charge on any atom is 0.260 e. The van der Waals surface area contributed by atoms with Gasteiger partial charge in [-0.05, 0) is 56.7 Å². The molecule has 3 rings (SSSR count). The summed E-state index contributed by atoms with van der Waals surface area (Å²) >= 11 is 5.07. The van der Waals surface area contributed by atoms with E-state index in [1.54, 1.807) is 34.9 Å². The standard InChI is InChI=1S/C22H27N3OS3.ClH/c1-15(2)28-18-8-6-7-16(13-18)21(26)25(12-11-24(3)4)22-23-19-10-9-17(27-5)14-20(19)29-22;/h6-10,13-15H,11-12H2,1-5H3;1H. The molecule has 8 heteroatoms. The number of rotatable bonds is 8. The highest BCUT2D eigenvalue weighted by Crippen LogP contribution is 2.32. The summed E-state index contributed by atoms with van der Waals surface area (Å²) < 4.78 is 1.11. The molecule has 2 aromatic carbocycles. The van der Waals surface area contributed by atoms with Crippen molar-refractivity contribution in [2.75, 3.05) is 38.3 Å². The van der Waals surface area contributed by atoms with Crippen LogP contribution in [-0.4, -0.2) is 54.5 Å². The SMILES string of the molecule is CSc1ccc2nc(N(CCN(C)C)C(=O)c3cccc(SC(C)C)c3)sc2c1.Cl. The van der Waals surface area contributed by atoms with Gasteiger partial charge in [0, 0.05) is 33.7 Å². The largest absolute Gasteiger partial charge is 0.308 e. The molecular formula is C22H28ClN3OS3. The number of thioether (sulfide) groups is 2. The third kappa shape index (κ3) is 6.37. The predicted molar refractivity (Wildman–Crippen MR) is 136 cm³/mol. The molecule has 30 heavy (non-hydrogen) atoms. The number of thiazole rings is 1. The fourth-order valence-corrected chi connectivity index (χ4v) is 5.29. The molecular weight excluding hydrogens is 454 g/mol. The normalized spacial score (nSPS) is 11.2. The van der Waals surface area contributed by atoms with Gasteiger partial charge in [0.25, 0.3) is 5.91 Å². The summed E-state index contributed by atoms with van der Waals surface area (Å²) in [5.41, 5.74) is 1.65. The van der Waals surface area contributed by atoms with Crippen molar-refractivity contribution >= 4 is 68.5 Å². The molecule has 1 amide bonds. The molecule has 0 aliphatic heterocycles. The van der Waals surface area contributed by atoms with Crippen LogP contribution in [0.1, 0.15) is 24.2 Å². The lowest BCUT2D eigenvalue weighted by atomic mass is 10.2. The van der Waals surface area contributed by atoms with Crippen LogP contribution in [0.5, 0.6) is 0 Å². The highest BCUT2D eigenvalue weighted by atomic mass is 35.5. The van der Waals surface area contributed by atoms with E-state index >= 15 is 0 Å². The molecule has 1 aromatic heterocycles. The van der Waals surface area contributed by atoms with Crippen LogP contribution < -0.4 is 4.90 Å². The molecule has 0 N–H and O–H groups in total. The van der Waals surface area contributed by atoms with Crippen molar-refractivity contribution in [3.63, 3.8) is 0 Å². The number of amides is 1. The number of carbonyl (C=O) groups excluding carboxylic acids is 1. The zero-order valence-corrected chi connectivity index (χ0v) is 21.2. The van der Waals surface area contributed by atoms with Crippen molar-refractivity contribution in [3.05, 3.63) is 48.0 Å². The molecule has 0 atom stereocenters. The first-order valence-electron chi connectivity index (χ1n) is 9.55. The molecule has 0 unspecified atom stereocenters. The van der Waals surface area contributed by atoms with Gasteiger partial charge >= 0.3 is 0 Å². The van der Waals surface area contributed by atoms with E-state index < -0.39 is 0 Å². The zero-order valence-electron chi connectivity index (χ0n) is 17.9. The Morgan fingerprint density at radius 2 is 1.87 bits per heavy atom. The minimum Gasteiger partial charge on any atom is -0.308 e. The van der Waals surface area contributed by atoms with Crippen LogP contribution in [-0.2, 0) is 0 Å². The molecule has 3 aromatic rings. The Bertz CT molecular complexity index is 991. The lowest BCUT2D eigenvalue weighted by molar-refractivity contribution is 0.0985. The van der Waals surface area contributed by atoms with Crippen LogP contribution in [0.25, 0.3) is 10.2 Å². The molecule has 0 spiro atoms. The van der Waals surface area contributed by atoms with Crippen LogP contribution in [0.2, 0.25) is 0 Å². The Morgan fingerprint density at radius 1 is 1.10 bits per heavy atom. The zero-order chi connectivity index (χ0) is 21.0. The Kier molecular flexibility index (Phi) is 9.50. The second-order valence-electron chi connectivity index (χ2n) is 7.28. The molecule has 162 valence electrons. The molecule has 0 saturated heterocycles. The molecule has 1 heterocycles. The summed E-state index contributed by atoms with van der Waals surface area (Å²) in [6.45, 7) is 5.69. The van der Waals surface area contributed by atoms with Crippen LogP contribution in [0.15, 0.2) is 52.3 Å². The molecule has 0 radical (unpaired) electrons. The Labute approximate surface area is 197 Å². The third-order valence-corrected chi connectivity index (χ3v) is 7.05. The molecule has 0 bridgehead atoms. The van der Waals surface area contributed by atoms with Crippen molar-refractivity contribution in [2.24, 2.45) is 0 Å². The molecule has 0 saturated carbocycles. The average molecular weight is 482 g/mol. The fourth-order valence-electron chi connectivity index (χ4n) is 2.85. The number of hydrogen-bond acceptors (Lipinski definition) is 6. The molecule has 0 aliphatic carbocycles. The Morgan fingerprint density at radius 3 is 2.53 bits per heavy atom.